The first kappa shape index (κ1) is 23.9. The number of nitrogens with zero attached hydrogens (tertiary/aromatic N) is 3. The molecule has 1 amide bonds. The molecule has 10 heteroatoms. The van der Waals surface area contributed by atoms with Crippen molar-refractivity contribution in [2.45, 2.75) is 57.4 Å². The summed E-state index contributed by atoms with van der Waals surface area (Å²) in [7, 11) is 0. The second-order valence-corrected chi connectivity index (χ2v) is 9.03. The number of ether oxygens (including phenoxy) is 1. The van der Waals surface area contributed by atoms with Gasteiger partial charge in [0.2, 0.25) is 0 Å². The maximum atomic E-state index is 13.0. The largest absolute Gasteiger partial charge is 0.460 e. The number of halogens is 2. The average molecular weight is 438 g/mol. The molecule has 0 bridgehead atoms. The molecule has 0 radical (unpaired) electrons. The molecule has 0 aliphatic carbocycles. The predicted octanol–water partition coefficient (Wildman–Crippen LogP) is 3.45. The Morgan fingerprint density at radius 3 is 2.07 bits per heavy atom. The second-order valence-electron chi connectivity index (χ2n) is 7.54. The molecule has 0 atom stereocenters. The monoisotopic (exact) mass is 437 g/mol. The van der Waals surface area contributed by atoms with Crippen LogP contribution in [0.4, 0.5) is 0 Å². The van der Waals surface area contributed by atoms with Crippen molar-refractivity contribution in [3.05, 3.63) is 15.9 Å². The number of amides is 1. The van der Waals surface area contributed by atoms with Crippen LogP contribution < -0.4 is 0 Å². The zero-order chi connectivity index (χ0) is 21.0. The number of hydrogen-bond donors (Lipinski definition) is 1. The molecule has 0 fully saturated rings. The molecule has 1 N–H and O–H groups in total. The van der Waals surface area contributed by atoms with Gasteiger partial charge in [-0.3, -0.25) is 9.59 Å². The zero-order valence-corrected chi connectivity index (χ0v) is 18.6. The van der Waals surface area contributed by atoms with Gasteiger partial charge in [0.05, 0.1) is 12.0 Å². The van der Waals surface area contributed by atoms with Gasteiger partial charge in [-0.15, -0.1) is 0 Å². The summed E-state index contributed by atoms with van der Waals surface area (Å²) in [5.41, 5.74) is -1.89. The van der Waals surface area contributed by atoms with Crippen LogP contribution in [-0.4, -0.2) is 62.4 Å². The molecular formula is C17H25Cl2N3O4S. The number of carbonyl (C=O) groups excluding carboxylic acids is 2. The Balaban J connectivity index is 3.07. The van der Waals surface area contributed by atoms with Gasteiger partial charge in [-0.05, 0) is 40.9 Å². The van der Waals surface area contributed by atoms with E-state index >= 15 is 0 Å². The summed E-state index contributed by atoms with van der Waals surface area (Å²) in [4.78, 5) is 34.3. The quantitative estimate of drug-likeness (QED) is 0.302. The Hall–Kier alpha value is -1.09. The molecule has 1 aromatic rings. The van der Waals surface area contributed by atoms with Crippen LogP contribution in [0, 0.1) is 0 Å². The van der Waals surface area contributed by atoms with E-state index in [4.69, 9.17) is 27.9 Å². The van der Waals surface area contributed by atoms with Crippen molar-refractivity contribution in [3.8, 4) is 0 Å². The Bertz CT molecular complexity index is 679. The summed E-state index contributed by atoms with van der Waals surface area (Å²) in [5.74, 6) is -1.02. The van der Waals surface area contributed by atoms with Gasteiger partial charge >= 0.3 is 5.97 Å². The lowest BCUT2D eigenvalue weighted by atomic mass is 10.1. The number of hydrogen-bond acceptors (Lipinski definition) is 7. The molecule has 0 spiro atoms. The molecular weight excluding hydrogens is 413 g/mol. The summed E-state index contributed by atoms with van der Waals surface area (Å²) in [6, 6.07) is 0. The van der Waals surface area contributed by atoms with Gasteiger partial charge in [-0.25, -0.2) is 9.97 Å². The Kier molecular flexibility index (Phi) is 8.34. The molecule has 27 heavy (non-hydrogen) atoms. The van der Waals surface area contributed by atoms with Gasteiger partial charge in [-0.2, -0.15) is 0 Å². The molecule has 1 aromatic heterocycles. The minimum absolute atomic E-state index is 0.0225. The molecule has 1 rings (SSSR count). The van der Waals surface area contributed by atoms with Gasteiger partial charge in [0, 0.05) is 13.1 Å². The maximum absolute atomic E-state index is 13.0. The first-order valence-electron chi connectivity index (χ1n) is 8.24. The standard InChI is InChI=1S/C17H25Cl2N3O4S/c1-16(2,3)26-10(23)7-8-22(9-17(4,5)25)14(24)11-12(18)20-15(27-6)21-13(11)19/h25H,7-9H2,1-6H3. The third-order valence-electron chi connectivity index (χ3n) is 3.07. The van der Waals surface area contributed by atoms with Crippen molar-refractivity contribution in [1.82, 2.24) is 14.9 Å². The highest BCUT2D eigenvalue weighted by Gasteiger charge is 2.29. The van der Waals surface area contributed by atoms with Crippen molar-refractivity contribution in [2.24, 2.45) is 0 Å². The normalized spacial score (nSPS) is 12.0. The van der Waals surface area contributed by atoms with Crippen LogP contribution in [0.2, 0.25) is 10.3 Å². The number of thioether (sulfide) groups is 1. The number of rotatable bonds is 7. The molecule has 7 nitrogen and oxygen atoms in total. The van der Waals surface area contributed by atoms with Crippen molar-refractivity contribution in [2.75, 3.05) is 19.3 Å². The third-order valence-corrected chi connectivity index (χ3v) is 4.16. The van der Waals surface area contributed by atoms with E-state index in [1.54, 1.807) is 40.9 Å². The van der Waals surface area contributed by atoms with Gasteiger partial charge in [0.15, 0.2) is 5.16 Å². The van der Waals surface area contributed by atoms with Crippen molar-refractivity contribution < 1.29 is 19.4 Å². The van der Waals surface area contributed by atoms with E-state index in [1.807, 2.05) is 0 Å². The number of aliphatic hydroxyl groups is 1. The molecule has 0 aliphatic rings. The lowest BCUT2D eigenvalue weighted by Crippen LogP contribution is -2.43. The van der Waals surface area contributed by atoms with Crippen molar-refractivity contribution in [3.63, 3.8) is 0 Å². The van der Waals surface area contributed by atoms with Gasteiger partial charge in [-0.1, -0.05) is 35.0 Å². The number of aromatic nitrogens is 2. The van der Waals surface area contributed by atoms with Crippen LogP contribution in [0.1, 0.15) is 51.4 Å². The fourth-order valence-corrected chi connectivity index (χ4v) is 3.17. The average Bonchev–Trinajstić information content (AvgIpc) is 2.47. The lowest BCUT2D eigenvalue weighted by Gasteiger charge is -2.29. The first-order chi connectivity index (χ1) is 12.2. The second kappa shape index (κ2) is 9.41. The lowest BCUT2D eigenvalue weighted by molar-refractivity contribution is -0.155. The molecule has 0 saturated heterocycles. The summed E-state index contributed by atoms with van der Waals surface area (Å²) in [6.07, 6.45) is 1.71. The van der Waals surface area contributed by atoms with E-state index in [2.05, 4.69) is 9.97 Å². The molecule has 0 aromatic carbocycles. The summed E-state index contributed by atoms with van der Waals surface area (Å²) in [6.45, 7) is 8.37. The smallest absolute Gasteiger partial charge is 0.308 e. The molecule has 1 heterocycles. The minimum atomic E-state index is -1.19. The van der Waals surface area contributed by atoms with E-state index in [0.717, 1.165) is 0 Å². The number of carbonyl (C=O) groups is 2. The third kappa shape index (κ3) is 8.21. The topological polar surface area (TPSA) is 92.6 Å². The van der Waals surface area contributed by atoms with Crippen LogP contribution in [-0.2, 0) is 9.53 Å². The first-order valence-corrected chi connectivity index (χ1v) is 10.2. The highest BCUT2D eigenvalue weighted by atomic mass is 35.5. The zero-order valence-electron chi connectivity index (χ0n) is 16.3. The highest BCUT2D eigenvalue weighted by molar-refractivity contribution is 7.98. The predicted molar refractivity (Wildman–Crippen MR) is 106 cm³/mol. The molecule has 0 saturated carbocycles. The molecule has 152 valence electrons. The van der Waals surface area contributed by atoms with E-state index in [0.29, 0.717) is 5.16 Å². The van der Waals surface area contributed by atoms with Gasteiger partial charge < -0.3 is 14.7 Å². The SMILES string of the molecule is CSc1nc(Cl)c(C(=O)N(CCC(=O)OC(C)(C)C)CC(C)(C)O)c(Cl)n1. The van der Waals surface area contributed by atoms with Crippen LogP contribution in [0.15, 0.2) is 5.16 Å². The Labute approximate surface area is 173 Å². The van der Waals surface area contributed by atoms with Crippen molar-refractivity contribution >= 4 is 46.8 Å². The van der Waals surface area contributed by atoms with Crippen LogP contribution in [0.5, 0.6) is 0 Å². The number of esters is 1. The van der Waals surface area contributed by atoms with Crippen LogP contribution in [0.25, 0.3) is 0 Å². The van der Waals surface area contributed by atoms with E-state index < -0.39 is 23.1 Å². The van der Waals surface area contributed by atoms with Gasteiger partial charge in [0.25, 0.3) is 5.91 Å². The maximum Gasteiger partial charge on any atom is 0.308 e. The molecule has 0 aliphatic heterocycles. The van der Waals surface area contributed by atoms with E-state index in [1.165, 1.54) is 16.7 Å². The van der Waals surface area contributed by atoms with E-state index in [9.17, 15) is 14.7 Å². The summed E-state index contributed by atoms with van der Waals surface area (Å²) in [5, 5.41) is 10.3. The fraction of sp³-hybridized carbons (Fsp3) is 0.647. The highest BCUT2D eigenvalue weighted by Crippen LogP contribution is 2.26. The minimum Gasteiger partial charge on any atom is -0.460 e. The fourth-order valence-electron chi connectivity index (χ4n) is 2.15. The molecule has 0 unspecified atom stereocenters. The van der Waals surface area contributed by atoms with Crippen molar-refractivity contribution in [1.29, 1.82) is 0 Å². The Morgan fingerprint density at radius 1 is 1.15 bits per heavy atom. The van der Waals surface area contributed by atoms with Crippen LogP contribution in [0.3, 0.4) is 0 Å². The van der Waals surface area contributed by atoms with Crippen LogP contribution >= 0.6 is 35.0 Å². The Morgan fingerprint density at radius 2 is 1.67 bits per heavy atom. The van der Waals surface area contributed by atoms with Gasteiger partial charge in [0.1, 0.15) is 21.5 Å². The van der Waals surface area contributed by atoms with E-state index in [-0.39, 0.29) is 35.4 Å². The summed E-state index contributed by atoms with van der Waals surface area (Å²) < 4.78 is 5.26. The summed E-state index contributed by atoms with van der Waals surface area (Å²) >= 11 is 13.5.